The molecule has 3 rings (SSSR count). The van der Waals surface area contributed by atoms with E-state index in [0.29, 0.717) is 6.42 Å². The number of nitrogens with two attached hydrogens (primary N) is 1. The van der Waals surface area contributed by atoms with Crippen LogP contribution in [-0.2, 0) is 9.59 Å². The lowest BCUT2D eigenvalue weighted by Gasteiger charge is -2.45. The van der Waals surface area contributed by atoms with Crippen molar-refractivity contribution in [2.75, 3.05) is 0 Å². The fraction of sp³-hybridized carbons (Fsp3) is 0.600. The van der Waals surface area contributed by atoms with E-state index in [1.807, 2.05) is 0 Å². The SMILES string of the molecule is NN1C(=O)C=CN2C(=O)C[C@H]3CCC[C@@]312. The van der Waals surface area contributed by atoms with Crippen LogP contribution >= 0.6 is 0 Å². The number of amides is 2. The van der Waals surface area contributed by atoms with Gasteiger partial charge in [0.25, 0.3) is 5.91 Å². The number of rotatable bonds is 0. The molecule has 1 aliphatic carbocycles. The largest absolute Gasteiger partial charge is 0.293 e. The lowest BCUT2D eigenvalue weighted by atomic mass is 9.95. The number of carbonyl (C=O) groups excluding carboxylic acids is 2. The minimum Gasteiger partial charge on any atom is -0.293 e. The summed E-state index contributed by atoms with van der Waals surface area (Å²) in [5.74, 6) is 5.93. The molecule has 0 radical (unpaired) electrons. The molecule has 3 aliphatic rings. The van der Waals surface area contributed by atoms with Crippen molar-refractivity contribution in [1.82, 2.24) is 9.91 Å². The molecule has 5 nitrogen and oxygen atoms in total. The molecule has 80 valence electrons. The third-order valence-corrected chi connectivity index (χ3v) is 3.88. The molecule has 0 aromatic carbocycles. The molecule has 2 fully saturated rings. The molecular formula is C10H13N3O2. The van der Waals surface area contributed by atoms with Gasteiger partial charge < -0.3 is 0 Å². The Balaban J connectivity index is 2.13. The molecule has 2 heterocycles. The van der Waals surface area contributed by atoms with Crippen LogP contribution < -0.4 is 5.84 Å². The highest BCUT2D eigenvalue weighted by Crippen LogP contribution is 2.50. The van der Waals surface area contributed by atoms with Crippen molar-refractivity contribution in [3.8, 4) is 0 Å². The number of carbonyl (C=O) groups is 2. The molecule has 0 aromatic rings. The van der Waals surface area contributed by atoms with Gasteiger partial charge in [0, 0.05) is 24.6 Å². The molecule has 0 unspecified atom stereocenters. The predicted molar refractivity (Wildman–Crippen MR) is 51.7 cm³/mol. The highest BCUT2D eigenvalue weighted by atomic mass is 16.2. The van der Waals surface area contributed by atoms with Gasteiger partial charge in [-0.1, -0.05) is 0 Å². The van der Waals surface area contributed by atoms with Crippen LogP contribution in [0.3, 0.4) is 0 Å². The van der Waals surface area contributed by atoms with E-state index in [0.717, 1.165) is 19.3 Å². The smallest absolute Gasteiger partial charge is 0.264 e. The average Bonchev–Trinajstić information content (AvgIpc) is 2.69. The zero-order chi connectivity index (χ0) is 10.6. The normalized spacial score (nSPS) is 38.6. The third kappa shape index (κ3) is 0.866. The zero-order valence-corrected chi connectivity index (χ0v) is 8.35. The van der Waals surface area contributed by atoms with E-state index in [4.69, 9.17) is 5.84 Å². The highest BCUT2D eigenvalue weighted by Gasteiger charge is 2.59. The molecule has 2 atom stereocenters. The molecular weight excluding hydrogens is 194 g/mol. The second-order valence-corrected chi connectivity index (χ2v) is 4.46. The molecule has 2 N–H and O–H groups in total. The Morgan fingerprint density at radius 1 is 1.47 bits per heavy atom. The summed E-state index contributed by atoms with van der Waals surface area (Å²) in [7, 11) is 0. The number of hydrogen-bond donors (Lipinski definition) is 1. The molecule has 0 bridgehead atoms. The van der Waals surface area contributed by atoms with E-state index in [-0.39, 0.29) is 17.7 Å². The summed E-state index contributed by atoms with van der Waals surface area (Å²) in [5.41, 5.74) is -0.539. The molecule has 1 saturated heterocycles. The Labute approximate surface area is 87.5 Å². The van der Waals surface area contributed by atoms with Crippen LogP contribution in [0.1, 0.15) is 25.7 Å². The fourth-order valence-corrected chi connectivity index (χ4v) is 3.21. The summed E-state index contributed by atoms with van der Waals surface area (Å²) in [6.07, 6.45) is 6.30. The first-order chi connectivity index (χ1) is 7.16. The van der Waals surface area contributed by atoms with Crippen LogP contribution in [0.4, 0.5) is 0 Å². The lowest BCUT2D eigenvalue weighted by Crippen LogP contribution is -2.64. The van der Waals surface area contributed by atoms with Crippen molar-refractivity contribution in [2.24, 2.45) is 11.8 Å². The summed E-state index contributed by atoms with van der Waals surface area (Å²) in [6, 6.07) is 0. The van der Waals surface area contributed by atoms with Gasteiger partial charge in [-0.2, -0.15) is 0 Å². The minimum absolute atomic E-state index is 0.0823. The minimum atomic E-state index is -0.539. The van der Waals surface area contributed by atoms with Gasteiger partial charge in [0.05, 0.1) is 0 Å². The van der Waals surface area contributed by atoms with Crippen LogP contribution in [0.25, 0.3) is 0 Å². The first kappa shape index (κ1) is 8.91. The van der Waals surface area contributed by atoms with Crippen molar-refractivity contribution in [3.05, 3.63) is 12.3 Å². The quantitative estimate of drug-likeness (QED) is 0.447. The highest BCUT2D eigenvalue weighted by molar-refractivity contribution is 5.92. The molecule has 2 aliphatic heterocycles. The first-order valence-corrected chi connectivity index (χ1v) is 5.25. The van der Waals surface area contributed by atoms with E-state index >= 15 is 0 Å². The van der Waals surface area contributed by atoms with Gasteiger partial charge in [0.15, 0.2) is 0 Å². The maximum Gasteiger partial charge on any atom is 0.264 e. The van der Waals surface area contributed by atoms with Gasteiger partial charge in [0.1, 0.15) is 5.66 Å². The van der Waals surface area contributed by atoms with Crippen molar-refractivity contribution >= 4 is 11.8 Å². The lowest BCUT2D eigenvalue weighted by molar-refractivity contribution is -0.148. The fourth-order valence-electron chi connectivity index (χ4n) is 3.21. The predicted octanol–water partition coefficient (Wildman–Crippen LogP) is -0.0553. The maximum atomic E-state index is 11.8. The van der Waals surface area contributed by atoms with E-state index in [2.05, 4.69) is 0 Å². The number of hydrogen-bond acceptors (Lipinski definition) is 3. The Bertz CT molecular complexity index is 379. The van der Waals surface area contributed by atoms with Crippen molar-refractivity contribution in [1.29, 1.82) is 0 Å². The van der Waals surface area contributed by atoms with Gasteiger partial charge in [-0.25, -0.2) is 5.84 Å². The second-order valence-electron chi connectivity index (χ2n) is 4.46. The second kappa shape index (κ2) is 2.61. The Kier molecular flexibility index (Phi) is 1.55. The van der Waals surface area contributed by atoms with Gasteiger partial charge in [0.2, 0.25) is 5.91 Å². The van der Waals surface area contributed by atoms with Gasteiger partial charge >= 0.3 is 0 Å². The van der Waals surface area contributed by atoms with Gasteiger partial charge in [-0.3, -0.25) is 19.5 Å². The molecule has 0 aromatic heterocycles. The average molecular weight is 207 g/mol. The van der Waals surface area contributed by atoms with E-state index in [1.54, 1.807) is 11.1 Å². The molecule has 2 amide bonds. The number of hydrazine groups is 1. The summed E-state index contributed by atoms with van der Waals surface area (Å²) >= 11 is 0. The molecule has 15 heavy (non-hydrogen) atoms. The van der Waals surface area contributed by atoms with Gasteiger partial charge in [-0.05, 0) is 19.3 Å². The van der Waals surface area contributed by atoms with Gasteiger partial charge in [-0.15, -0.1) is 0 Å². The monoisotopic (exact) mass is 207 g/mol. The van der Waals surface area contributed by atoms with Crippen LogP contribution in [0, 0.1) is 5.92 Å². The van der Waals surface area contributed by atoms with Crippen LogP contribution in [-0.4, -0.2) is 27.4 Å². The standard InChI is InChI=1S/C10H13N3O2/c11-13-8(14)3-5-12-9(15)6-7-2-1-4-10(7,12)13/h3,5,7H,1-2,4,6,11H2/t7-,10+/m1/s1. The summed E-state index contributed by atoms with van der Waals surface area (Å²) in [4.78, 5) is 25.0. The van der Waals surface area contributed by atoms with Crippen molar-refractivity contribution in [3.63, 3.8) is 0 Å². The van der Waals surface area contributed by atoms with Crippen molar-refractivity contribution in [2.45, 2.75) is 31.3 Å². The summed E-state index contributed by atoms with van der Waals surface area (Å²) in [6.45, 7) is 0. The van der Waals surface area contributed by atoms with E-state index in [9.17, 15) is 9.59 Å². The Morgan fingerprint density at radius 2 is 2.27 bits per heavy atom. The Hall–Kier alpha value is -1.36. The zero-order valence-electron chi connectivity index (χ0n) is 8.35. The molecule has 5 heteroatoms. The summed E-state index contributed by atoms with van der Waals surface area (Å²) in [5, 5.41) is 1.26. The third-order valence-electron chi connectivity index (χ3n) is 3.88. The van der Waals surface area contributed by atoms with E-state index < -0.39 is 5.66 Å². The Morgan fingerprint density at radius 3 is 3.07 bits per heavy atom. The maximum absolute atomic E-state index is 11.8. The topological polar surface area (TPSA) is 66.6 Å². The summed E-state index contributed by atoms with van der Waals surface area (Å²) < 4.78 is 0. The molecule has 1 spiro atoms. The number of nitrogens with zero attached hydrogens (tertiary/aromatic N) is 2. The van der Waals surface area contributed by atoms with E-state index in [1.165, 1.54) is 11.1 Å². The van der Waals surface area contributed by atoms with Crippen LogP contribution in [0.5, 0.6) is 0 Å². The van der Waals surface area contributed by atoms with Crippen molar-refractivity contribution < 1.29 is 9.59 Å². The first-order valence-electron chi connectivity index (χ1n) is 5.25. The molecule has 1 saturated carbocycles. The van der Waals surface area contributed by atoms with Crippen LogP contribution in [0.2, 0.25) is 0 Å². The van der Waals surface area contributed by atoms with Crippen LogP contribution in [0.15, 0.2) is 12.3 Å².